The number of benzene rings is 1. The maximum atomic E-state index is 11.7. The number of ketones is 1. The van der Waals surface area contributed by atoms with Gasteiger partial charge in [-0.15, -0.1) is 11.6 Å². The van der Waals surface area contributed by atoms with Crippen LogP contribution >= 0.6 is 11.6 Å². The molecule has 0 N–H and O–H groups in total. The lowest BCUT2D eigenvalue weighted by molar-refractivity contribution is -0.114. The average molecular weight is 278 g/mol. The number of rotatable bonds is 4. The second kappa shape index (κ2) is 6.43. The zero-order valence-electron chi connectivity index (χ0n) is 10.8. The van der Waals surface area contributed by atoms with E-state index in [2.05, 4.69) is 0 Å². The Kier molecular flexibility index (Phi) is 4.63. The summed E-state index contributed by atoms with van der Waals surface area (Å²) in [6.45, 7) is 0.462. The molecular weight excluding hydrogens is 262 g/mol. The third kappa shape index (κ3) is 3.86. The molecule has 2 rings (SSSR count). The molecule has 19 heavy (non-hydrogen) atoms. The fourth-order valence-electron chi connectivity index (χ4n) is 1.83. The van der Waals surface area contributed by atoms with Gasteiger partial charge >= 0.3 is 0 Å². The van der Waals surface area contributed by atoms with Crippen molar-refractivity contribution >= 4 is 17.4 Å². The molecule has 0 spiro atoms. The van der Waals surface area contributed by atoms with E-state index in [1.54, 1.807) is 6.08 Å². The van der Waals surface area contributed by atoms with Crippen molar-refractivity contribution in [1.29, 1.82) is 0 Å². The Morgan fingerprint density at radius 3 is 2.74 bits per heavy atom. The quantitative estimate of drug-likeness (QED) is 0.792. The first-order valence-electron chi connectivity index (χ1n) is 6.08. The van der Waals surface area contributed by atoms with Gasteiger partial charge in [0.05, 0.1) is 12.3 Å². The molecule has 0 aliphatic carbocycles. The smallest absolute Gasteiger partial charge is 0.165 e. The Balaban J connectivity index is 2.03. The Labute approximate surface area is 118 Å². The van der Waals surface area contributed by atoms with Crippen molar-refractivity contribution in [3.8, 4) is 0 Å². The number of hydrogen-bond acceptors (Lipinski definition) is 3. The average Bonchev–Trinajstić information content (AvgIpc) is 2.56. The van der Waals surface area contributed by atoms with E-state index in [9.17, 15) is 4.79 Å². The number of carbonyl (C=O) groups is 1. The molecule has 1 aromatic rings. The van der Waals surface area contributed by atoms with E-state index >= 15 is 0 Å². The van der Waals surface area contributed by atoms with Crippen molar-refractivity contribution in [2.45, 2.75) is 13.0 Å². The van der Waals surface area contributed by atoms with Crippen LogP contribution in [0.2, 0.25) is 0 Å². The van der Waals surface area contributed by atoms with E-state index in [1.807, 2.05) is 48.5 Å². The maximum Gasteiger partial charge on any atom is 0.165 e. The molecule has 0 radical (unpaired) electrons. The topological polar surface area (TPSA) is 29.5 Å². The largest absolute Gasteiger partial charge is 0.491 e. The minimum absolute atomic E-state index is 0.0133. The van der Waals surface area contributed by atoms with Crippen LogP contribution in [0.1, 0.15) is 12.0 Å². The monoisotopic (exact) mass is 277 g/mol. The van der Waals surface area contributed by atoms with Gasteiger partial charge in [0.15, 0.2) is 5.78 Å². The van der Waals surface area contributed by atoms with E-state index in [-0.39, 0.29) is 12.2 Å². The van der Waals surface area contributed by atoms with Gasteiger partial charge < -0.3 is 9.64 Å². The Morgan fingerprint density at radius 1 is 1.32 bits per heavy atom. The Morgan fingerprint density at radius 2 is 2.05 bits per heavy atom. The second-order valence-electron chi connectivity index (χ2n) is 4.39. The van der Waals surface area contributed by atoms with Crippen LogP contribution in [0, 0.1) is 0 Å². The van der Waals surface area contributed by atoms with Crippen LogP contribution in [0.4, 0.5) is 0 Å². The predicted molar refractivity (Wildman–Crippen MR) is 75.5 cm³/mol. The van der Waals surface area contributed by atoms with Crippen molar-refractivity contribution < 1.29 is 9.53 Å². The van der Waals surface area contributed by atoms with Crippen molar-refractivity contribution in [1.82, 2.24) is 4.90 Å². The van der Waals surface area contributed by atoms with Gasteiger partial charge in [-0.25, -0.2) is 0 Å². The summed E-state index contributed by atoms with van der Waals surface area (Å²) in [6.07, 6.45) is 3.67. The molecule has 0 unspecified atom stereocenters. The van der Waals surface area contributed by atoms with Crippen molar-refractivity contribution in [2.75, 3.05) is 12.9 Å². The lowest BCUT2D eigenvalue weighted by Gasteiger charge is -2.16. The third-order valence-corrected chi connectivity index (χ3v) is 3.14. The summed E-state index contributed by atoms with van der Waals surface area (Å²) in [5.74, 6) is 0.983. The number of nitrogens with zero attached hydrogens (tertiary/aromatic N) is 1. The third-order valence-electron chi connectivity index (χ3n) is 2.87. The molecule has 0 aromatic heterocycles. The first-order chi connectivity index (χ1) is 9.19. The summed E-state index contributed by atoms with van der Waals surface area (Å²) in [5.41, 5.74) is 1.86. The highest BCUT2D eigenvalue weighted by Crippen LogP contribution is 2.18. The lowest BCUT2D eigenvalue weighted by atomic mass is 10.2. The molecule has 4 heteroatoms. The van der Waals surface area contributed by atoms with E-state index in [0.29, 0.717) is 18.2 Å². The van der Waals surface area contributed by atoms with E-state index in [0.717, 1.165) is 11.3 Å². The minimum atomic E-state index is 0.0133. The summed E-state index contributed by atoms with van der Waals surface area (Å²) in [6, 6.07) is 9.87. The standard InChI is InChI=1S/C15H16ClNO2/c1-17-10-15(8-14(18)7-13(17)9-16)19-11-12-5-3-2-4-6-12/h2-7,10H,8-9,11H2,1H3. The highest BCUT2D eigenvalue weighted by molar-refractivity contribution is 6.19. The Bertz CT molecular complexity index is 508. The van der Waals surface area contributed by atoms with E-state index in [1.165, 1.54) is 0 Å². The number of allylic oxidation sites excluding steroid dienone is 3. The molecule has 1 heterocycles. The molecule has 0 saturated heterocycles. The molecule has 3 nitrogen and oxygen atoms in total. The first kappa shape index (κ1) is 13.7. The second-order valence-corrected chi connectivity index (χ2v) is 4.66. The van der Waals surface area contributed by atoms with Gasteiger partial charge in [0.1, 0.15) is 12.4 Å². The molecule has 0 amide bonds. The highest BCUT2D eigenvalue weighted by atomic mass is 35.5. The minimum Gasteiger partial charge on any atom is -0.491 e. The van der Waals surface area contributed by atoms with Gasteiger partial charge in [0, 0.05) is 25.0 Å². The van der Waals surface area contributed by atoms with Crippen LogP contribution in [0.3, 0.4) is 0 Å². The van der Waals surface area contributed by atoms with E-state index < -0.39 is 0 Å². The molecule has 0 atom stereocenters. The zero-order valence-corrected chi connectivity index (χ0v) is 11.6. The normalized spacial score (nSPS) is 15.7. The fraction of sp³-hybridized carbons (Fsp3) is 0.267. The maximum absolute atomic E-state index is 11.7. The number of hydrogen-bond donors (Lipinski definition) is 0. The van der Waals surface area contributed by atoms with Crippen LogP contribution in [-0.2, 0) is 16.1 Å². The van der Waals surface area contributed by atoms with Gasteiger partial charge in [-0.05, 0) is 5.56 Å². The highest BCUT2D eigenvalue weighted by Gasteiger charge is 2.14. The number of halogens is 1. The van der Waals surface area contributed by atoms with Crippen molar-refractivity contribution in [2.24, 2.45) is 0 Å². The van der Waals surface area contributed by atoms with Gasteiger partial charge in [-0.3, -0.25) is 4.79 Å². The molecule has 1 aliphatic rings. The summed E-state index contributed by atoms with van der Waals surface area (Å²) < 4.78 is 5.70. The summed E-state index contributed by atoms with van der Waals surface area (Å²) in [4.78, 5) is 13.6. The molecule has 1 aromatic carbocycles. The molecular formula is C15H16ClNO2. The molecule has 100 valence electrons. The summed E-state index contributed by atoms with van der Waals surface area (Å²) in [7, 11) is 1.86. The summed E-state index contributed by atoms with van der Waals surface area (Å²) in [5, 5.41) is 0. The number of alkyl halides is 1. The Hall–Kier alpha value is -1.74. The van der Waals surface area contributed by atoms with E-state index in [4.69, 9.17) is 16.3 Å². The number of ether oxygens (including phenoxy) is 1. The predicted octanol–water partition coefficient (Wildman–Crippen LogP) is 3.07. The lowest BCUT2D eigenvalue weighted by Crippen LogP contribution is -2.11. The van der Waals surface area contributed by atoms with Crippen molar-refractivity contribution in [3.05, 3.63) is 59.6 Å². The van der Waals surface area contributed by atoms with Crippen LogP contribution in [-0.4, -0.2) is 23.6 Å². The fourth-order valence-corrected chi connectivity index (χ4v) is 2.09. The molecule has 0 fully saturated rings. The first-order valence-corrected chi connectivity index (χ1v) is 6.62. The van der Waals surface area contributed by atoms with Crippen LogP contribution in [0.25, 0.3) is 0 Å². The molecule has 0 saturated carbocycles. The van der Waals surface area contributed by atoms with Gasteiger partial charge in [0.2, 0.25) is 0 Å². The van der Waals surface area contributed by atoms with Crippen LogP contribution in [0.5, 0.6) is 0 Å². The van der Waals surface area contributed by atoms with Gasteiger partial charge in [-0.1, -0.05) is 30.3 Å². The van der Waals surface area contributed by atoms with Crippen LogP contribution < -0.4 is 0 Å². The summed E-state index contributed by atoms with van der Waals surface area (Å²) >= 11 is 5.80. The van der Waals surface area contributed by atoms with Gasteiger partial charge in [0.25, 0.3) is 0 Å². The molecule has 0 bridgehead atoms. The van der Waals surface area contributed by atoms with Crippen molar-refractivity contribution in [3.63, 3.8) is 0 Å². The van der Waals surface area contributed by atoms with Crippen LogP contribution in [0.15, 0.2) is 54.1 Å². The SMILES string of the molecule is CN1C=C(OCc2ccccc2)CC(=O)C=C1CCl. The van der Waals surface area contributed by atoms with Gasteiger partial charge in [-0.2, -0.15) is 0 Å². The molecule has 1 aliphatic heterocycles. The number of carbonyl (C=O) groups excluding carboxylic acids is 1. The zero-order chi connectivity index (χ0) is 13.7.